The molecule has 0 unspecified atom stereocenters. The van der Waals surface area contributed by atoms with E-state index in [4.69, 9.17) is 10.9 Å². The van der Waals surface area contributed by atoms with Crippen molar-refractivity contribution in [2.24, 2.45) is 10.9 Å². The molecule has 2 rings (SSSR count). The van der Waals surface area contributed by atoms with Gasteiger partial charge in [0.2, 0.25) is 0 Å². The van der Waals surface area contributed by atoms with Gasteiger partial charge in [-0.1, -0.05) is 23.4 Å². The molecule has 0 aliphatic rings. The average Bonchev–Trinajstić information content (AvgIpc) is 2.50. The van der Waals surface area contributed by atoms with Gasteiger partial charge in [0.1, 0.15) is 17.3 Å². The summed E-state index contributed by atoms with van der Waals surface area (Å²) in [6.07, 6.45) is 0. The van der Waals surface area contributed by atoms with Crippen molar-refractivity contribution >= 4 is 17.4 Å². The average molecular weight is 291 g/mol. The van der Waals surface area contributed by atoms with Gasteiger partial charge in [-0.05, 0) is 24.3 Å². The minimum atomic E-state index is -0.864. The van der Waals surface area contributed by atoms with Crippen LogP contribution in [-0.2, 0) is 0 Å². The summed E-state index contributed by atoms with van der Waals surface area (Å²) in [6, 6.07) is 8.96. The highest BCUT2D eigenvalue weighted by Gasteiger charge is 2.13. The predicted molar refractivity (Wildman–Crippen MR) is 73.3 cm³/mol. The Morgan fingerprint density at radius 2 is 1.57 bits per heavy atom. The van der Waals surface area contributed by atoms with Crippen LogP contribution in [-0.4, -0.2) is 17.0 Å². The molecule has 0 aromatic heterocycles. The summed E-state index contributed by atoms with van der Waals surface area (Å²) in [4.78, 5) is 11.9. The fourth-order valence-corrected chi connectivity index (χ4v) is 1.65. The molecule has 0 saturated carbocycles. The SMILES string of the molecule is N/C(=N\O)c1ccc(C(=O)Nc2c(F)cccc2F)cc1. The highest BCUT2D eigenvalue weighted by molar-refractivity contribution is 6.05. The van der Waals surface area contributed by atoms with Crippen molar-refractivity contribution in [2.75, 3.05) is 5.32 Å². The van der Waals surface area contributed by atoms with Gasteiger partial charge in [-0.3, -0.25) is 4.79 Å². The molecular weight excluding hydrogens is 280 g/mol. The molecule has 0 aliphatic carbocycles. The fraction of sp³-hybridized carbons (Fsp3) is 0. The number of halogens is 2. The third kappa shape index (κ3) is 3.14. The minimum Gasteiger partial charge on any atom is -0.409 e. The van der Waals surface area contributed by atoms with Gasteiger partial charge < -0.3 is 16.3 Å². The highest BCUT2D eigenvalue weighted by Crippen LogP contribution is 2.19. The van der Waals surface area contributed by atoms with Crippen molar-refractivity contribution < 1.29 is 18.8 Å². The lowest BCUT2D eigenvalue weighted by Crippen LogP contribution is -2.16. The smallest absolute Gasteiger partial charge is 0.255 e. The lowest BCUT2D eigenvalue weighted by Gasteiger charge is -2.08. The molecule has 0 aliphatic heterocycles. The molecule has 0 bridgehead atoms. The minimum absolute atomic E-state index is 0.109. The fourth-order valence-electron chi connectivity index (χ4n) is 1.65. The number of hydrogen-bond donors (Lipinski definition) is 3. The van der Waals surface area contributed by atoms with Crippen LogP contribution in [0.3, 0.4) is 0 Å². The van der Waals surface area contributed by atoms with Crippen molar-refractivity contribution in [3.63, 3.8) is 0 Å². The first-order valence-corrected chi connectivity index (χ1v) is 5.86. The first-order chi connectivity index (χ1) is 10.0. The zero-order valence-corrected chi connectivity index (χ0v) is 10.7. The summed E-state index contributed by atoms with van der Waals surface area (Å²) in [5.41, 5.74) is 5.45. The molecule has 5 nitrogen and oxygen atoms in total. The molecule has 2 aromatic carbocycles. The zero-order valence-electron chi connectivity index (χ0n) is 10.7. The number of carbonyl (C=O) groups is 1. The maximum Gasteiger partial charge on any atom is 0.255 e. The van der Waals surface area contributed by atoms with Crippen molar-refractivity contribution in [1.82, 2.24) is 0 Å². The first-order valence-electron chi connectivity index (χ1n) is 5.86. The van der Waals surface area contributed by atoms with Crippen LogP contribution in [0.4, 0.5) is 14.5 Å². The Labute approximate surface area is 118 Å². The summed E-state index contributed by atoms with van der Waals surface area (Å²) in [7, 11) is 0. The molecule has 0 atom stereocenters. The molecule has 108 valence electrons. The summed E-state index contributed by atoms with van der Waals surface area (Å²) < 4.78 is 26.9. The molecule has 0 heterocycles. The summed E-state index contributed by atoms with van der Waals surface area (Å²) in [6.45, 7) is 0. The Balaban J connectivity index is 2.21. The molecular formula is C14H11F2N3O2. The van der Waals surface area contributed by atoms with Crippen LogP contribution in [0, 0.1) is 11.6 Å². The van der Waals surface area contributed by atoms with Crippen LogP contribution in [0.15, 0.2) is 47.6 Å². The number of oxime groups is 1. The summed E-state index contributed by atoms with van der Waals surface area (Å²) in [5, 5.41) is 13.5. The van der Waals surface area contributed by atoms with E-state index < -0.39 is 23.2 Å². The topological polar surface area (TPSA) is 87.7 Å². The van der Waals surface area contributed by atoms with E-state index in [1.807, 2.05) is 0 Å². The molecule has 0 fully saturated rings. The normalized spacial score (nSPS) is 11.2. The molecule has 0 saturated heterocycles. The Morgan fingerprint density at radius 3 is 2.10 bits per heavy atom. The Bertz CT molecular complexity index is 680. The van der Waals surface area contributed by atoms with Crippen LogP contribution >= 0.6 is 0 Å². The number of rotatable bonds is 3. The number of nitrogens with two attached hydrogens (primary N) is 1. The van der Waals surface area contributed by atoms with Gasteiger partial charge in [-0.2, -0.15) is 0 Å². The highest BCUT2D eigenvalue weighted by atomic mass is 19.1. The third-order valence-electron chi connectivity index (χ3n) is 2.75. The Kier molecular flexibility index (Phi) is 4.13. The standard InChI is InChI=1S/C14H11F2N3O2/c15-10-2-1-3-11(16)12(10)18-14(20)9-6-4-8(5-7-9)13(17)19-21/h1-7,21H,(H2,17,19)(H,18,20). The second-order valence-corrected chi connectivity index (χ2v) is 4.11. The lowest BCUT2D eigenvalue weighted by molar-refractivity contribution is 0.102. The third-order valence-corrected chi connectivity index (χ3v) is 2.75. The van der Waals surface area contributed by atoms with E-state index in [0.717, 1.165) is 12.1 Å². The maximum absolute atomic E-state index is 13.4. The van der Waals surface area contributed by atoms with Crippen LogP contribution in [0.25, 0.3) is 0 Å². The van der Waals surface area contributed by atoms with Crippen LogP contribution in [0.2, 0.25) is 0 Å². The van der Waals surface area contributed by atoms with Crippen LogP contribution in [0.5, 0.6) is 0 Å². The van der Waals surface area contributed by atoms with E-state index in [1.165, 1.54) is 30.3 Å². The molecule has 1 amide bonds. The van der Waals surface area contributed by atoms with Gasteiger partial charge in [0, 0.05) is 11.1 Å². The number of hydrogen-bond acceptors (Lipinski definition) is 3. The monoisotopic (exact) mass is 291 g/mol. The van der Waals surface area contributed by atoms with Crippen LogP contribution in [0.1, 0.15) is 15.9 Å². The molecule has 21 heavy (non-hydrogen) atoms. The van der Waals surface area contributed by atoms with Gasteiger partial charge in [-0.25, -0.2) is 8.78 Å². The number of amidine groups is 1. The van der Waals surface area contributed by atoms with Crippen molar-refractivity contribution in [3.05, 3.63) is 65.2 Å². The number of amides is 1. The van der Waals surface area contributed by atoms with E-state index in [0.29, 0.717) is 5.56 Å². The van der Waals surface area contributed by atoms with Crippen molar-refractivity contribution in [1.29, 1.82) is 0 Å². The number of nitrogens with zero attached hydrogens (tertiary/aromatic N) is 1. The second kappa shape index (κ2) is 6.00. The first kappa shape index (κ1) is 14.4. The van der Waals surface area contributed by atoms with E-state index in [1.54, 1.807) is 0 Å². The van der Waals surface area contributed by atoms with Gasteiger partial charge in [0.15, 0.2) is 5.84 Å². The number of nitrogens with one attached hydrogen (secondary N) is 1. The van der Waals surface area contributed by atoms with E-state index in [2.05, 4.69) is 10.5 Å². The van der Waals surface area contributed by atoms with Crippen LogP contribution < -0.4 is 11.1 Å². The zero-order chi connectivity index (χ0) is 15.4. The van der Waals surface area contributed by atoms with Crippen molar-refractivity contribution in [2.45, 2.75) is 0 Å². The number of benzene rings is 2. The van der Waals surface area contributed by atoms with Gasteiger partial charge >= 0.3 is 0 Å². The predicted octanol–water partition coefficient (Wildman–Crippen LogP) is 2.31. The maximum atomic E-state index is 13.4. The van der Waals surface area contributed by atoms with Crippen molar-refractivity contribution in [3.8, 4) is 0 Å². The number of para-hydroxylation sites is 1. The van der Waals surface area contributed by atoms with Gasteiger partial charge in [0.05, 0.1) is 0 Å². The summed E-state index contributed by atoms with van der Waals surface area (Å²) in [5.74, 6) is -2.51. The second-order valence-electron chi connectivity index (χ2n) is 4.11. The number of carbonyl (C=O) groups excluding carboxylic acids is 1. The largest absolute Gasteiger partial charge is 0.409 e. The molecule has 4 N–H and O–H groups in total. The number of anilines is 1. The van der Waals surface area contributed by atoms with E-state index in [9.17, 15) is 13.6 Å². The van der Waals surface area contributed by atoms with Gasteiger partial charge in [-0.15, -0.1) is 0 Å². The molecule has 0 spiro atoms. The van der Waals surface area contributed by atoms with Gasteiger partial charge in [0.25, 0.3) is 5.91 Å². The molecule has 7 heteroatoms. The lowest BCUT2D eigenvalue weighted by atomic mass is 10.1. The Hall–Kier alpha value is -2.96. The van der Waals surface area contributed by atoms with E-state index in [-0.39, 0.29) is 11.4 Å². The van der Waals surface area contributed by atoms with E-state index >= 15 is 0 Å². The summed E-state index contributed by atoms with van der Waals surface area (Å²) >= 11 is 0. The molecule has 2 aromatic rings. The Morgan fingerprint density at radius 1 is 1.05 bits per heavy atom. The quantitative estimate of drug-likeness (QED) is 0.351. The molecule has 0 radical (unpaired) electrons.